The second-order valence-electron chi connectivity index (χ2n) is 1.81. The van der Waals surface area contributed by atoms with Crippen molar-refractivity contribution in [2.75, 3.05) is 6.54 Å². The number of amides is 1. The van der Waals surface area contributed by atoms with Gasteiger partial charge in [-0.1, -0.05) is 41.5 Å². The summed E-state index contributed by atoms with van der Waals surface area (Å²) in [7, 11) is 0. The fourth-order valence-electron chi connectivity index (χ4n) is 0.727. The highest BCUT2D eigenvalue weighted by Crippen LogP contribution is 1.98. The van der Waals surface area contributed by atoms with Crippen LogP contribution in [0.1, 0.15) is 60.8 Å². The first-order chi connectivity index (χ1) is 6.39. The molecule has 0 aliphatic carbocycles. The van der Waals surface area contributed by atoms with Crippen LogP contribution in [0.2, 0.25) is 0 Å². The molecule has 1 aliphatic heterocycles. The smallest absolute Gasteiger partial charge is 0.219 e. The molecule has 1 aliphatic rings. The molecule has 0 spiro atoms. The van der Waals surface area contributed by atoms with E-state index < -0.39 is 0 Å². The molecule has 1 saturated heterocycles. The summed E-state index contributed by atoms with van der Waals surface area (Å²) < 4.78 is 0. The van der Waals surface area contributed by atoms with Crippen LogP contribution < -0.4 is 5.32 Å². The molecule has 82 valence electrons. The van der Waals surface area contributed by atoms with E-state index >= 15 is 0 Å². The van der Waals surface area contributed by atoms with Gasteiger partial charge in [0.15, 0.2) is 0 Å². The van der Waals surface area contributed by atoms with Crippen LogP contribution in [0.5, 0.6) is 0 Å². The van der Waals surface area contributed by atoms with Crippen molar-refractivity contribution in [3.63, 3.8) is 0 Å². The molecule has 0 saturated carbocycles. The molecular weight excluding hydrogens is 162 g/mol. The molecule has 0 aromatic heterocycles. The second-order valence-corrected chi connectivity index (χ2v) is 1.81. The van der Waals surface area contributed by atoms with Crippen molar-refractivity contribution < 1.29 is 4.79 Å². The van der Waals surface area contributed by atoms with Gasteiger partial charge in [-0.3, -0.25) is 4.79 Å². The van der Waals surface area contributed by atoms with Gasteiger partial charge in [0.2, 0.25) is 5.91 Å². The molecule has 1 heterocycles. The van der Waals surface area contributed by atoms with Gasteiger partial charge in [-0.15, -0.1) is 0 Å². The molecule has 0 aromatic rings. The molecule has 1 rings (SSSR count). The lowest BCUT2D eigenvalue weighted by molar-refractivity contribution is -0.122. The first-order valence-electron chi connectivity index (χ1n) is 5.66. The van der Waals surface area contributed by atoms with Crippen LogP contribution in [-0.4, -0.2) is 12.5 Å². The predicted molar refractivity (Wildman–Crippen MR) is 60.9 cm³/mol. The van der Waals surface area contributed by atoms with E-state index in [0.717, 1.165) is 25.8 Å². The van der Waals surface area contributed by atoms with Crippen molar-refractivity contribution in [2.24, 2.45) is 0 Å². The summed E-state index contributed by atoms with van der Waals surface area (Å²) in [6, 6.07) is 0. The standard InChI is InChI=1S/C5H9NO.3C2H6/c7-5-3-1-2-4-6-5;3*1-2/h1-4H2,(H,6,7);3*1-2H3. The third-order valence-corrected chi connectivity index (χ3v) is 1.15. The first-order valence-corrected chi connectivity index (χ1v) is 5.66. The Morgan fingerprint density at radius 2 is 1.38 bits per heavy atom. The molecule has 0 unspecified atom stereocenters. The highest BCUT2D eigenvalue weighted by atomic mass is 16.1. The number of carbonyl (C=O) groups excluding carboxylic acids is 1. The lowest BCUT2D eigenvalue weighted by atomic mass is 10.2. The molecular formula is C11H27NO. The van der Waals surface area contributed by atoms with Gasteiger partial charge in [-0.2, -0.15) is 0 Å². The monoisotopic (exact) mass is 189 g/mol. The lowest BCUT2D eigenvalue weighted by Gasteiger charge is -2.08. The summed E-state index contributed by atoms with van der Waals surface area (Å²) in [5, 5.41) is 2.74. The summed E-state index contributed by atoms with van der Waals surface area (Å²) in [6.07, 6.45) is 2.97. The number of hydrogen-bond donors (Lipinski definition) is 1. The zero-order valence-corrected chi connectivity index (χ0v) is 10.2. The number of carbonyl (C=O) groups is 1. The minimum absolute atomic E-state index is 0.214. The van der Waals surface area contributed by atoms with Gasteiger partial charge < -0.3 is 5.32 Å². The molecule has 1 amide bonds. The largest absolute Gasteiger partial charge is 0.356 e. The van der Waals surface area contributed by atoms with Crippen LogP contribution in [0.4, 0.5) is 0 Å². The van der Waals surface area contributed by atoms with Crippen molar-refractivity contribution in [1.29, 1.82) is 0 Å². The van der Waals surface area contributed by atoms with E-state index in [2.05, 4.69) is 5.32 Å². The average Bonchev–Trinajstić information content (AvgIpc) is 2.28. The van der Waals surface area contributed by atoms with Gasteiger partial charge in [0.1, 0.15) is 0 Å². The van der Waals surface area contributed by atoms with Crippen molar-refractivity contribution >= 4 is 5.91 Å². The molecule has 2 nitrogen and oxygen atoms in total. The van der Waals surface area contributed by atoms with Gasteiger partial charge in [0.25, 0.3) is 0 Å². The molecule has 13 heavy (non-hydrogen) atoms. The summed E-state index contributed by atoms with van der Waals surface area (Å²) >= 11 is 0. The predicted octanol–water partition coefficient (Wildman–Crippen LogP) is 3.37. The first kappa shape index (κ1) is 18.3. The topological polar surface area (TPSA) is 29.1 Å². The Morgan fingerprint density at radius 1 is 0.923 bits per heavy atom. The highest BCUT2D eigenvalue weighted by molar-refractivity contribution is 5.76. The Labute approximate surface area is 84.1 Å². The molecule has 0 atom stereocenters. The summed E-state index contributed by atoms with van der Waals surface area (Å²) in [5.74, 6) is 0.214. The zero-order chi connectivity index (χ0) is 11.1. The van der Waals surface area contributed by atoms with Crippen LogP contribution in [0.15, 0.2) is 0 Å². The summed E-state index contributed by atoms with van der Waals surface area (Å²) in [6.45, 7) is 12.9. The maximum atomic E-state index is 10.4. The van der Waals surface area contributed by atoms with Crippen molar-refractivity contribution in [1.82, 2.24) is 5.32 Å². The Kier molecular flexibility index (Phi) is 31.7. The van der Waals surface area contributed by atoms with E-state index in [9.17, 15) is 4.79 Å². The van der Waals surface area contributed by atoms with Gasteiger partial charge in [-0.05, 0) is 12.8 Å². The Bertz CT molecular complexity index is 74.2. The van der Waals surface area contributed by atoms with Crippen LogP contribution in [0.25, 0.3) is 0 Å². The van der Waals surface area contributed by atoms with Gasteiger partial charge in [0, 0.05) is 13.0 Å². The Balaban J connectivity index is -0.000000144. The third-order valence-electron chi connectivity index (χ3n) is 1.15. The van der Waals surface area contributed by atoms with Crippen molar-refractivity contribution in [3.05, 3.63) is 0 Å². The van der Waals surface area contributed by atoms with E-state index in [1.807, 2.05) is 41.5 Å². The Morgan fingerprint density at radius 3 is 1.54 bits per heavy atom. The SMILES string of the molecule is CC.CC.CC.O=C1CCCCN1. The van der Waals surface area contributed by atoms with Crippen LogP contribution in [-0.2, 0) is 4.79 Å². The summed E-state index contributed by atoms with van der Waals surface area (Å²) in [4.78, 5) is 10.4. The van der Waals surface area contributed by atoms with Gasteiger partial charge in [-0.25, -0.2) is 0 Å². The zero-order valence-electron chi connectivity index (χ0n) is 10.2. The molecule has 0 radical (unpaired) electrons. The maximum absolute atomic E-state index is 10.4. The number of piperidine rings is 1. The molecule has 0 aromatic carbocycles. The Hall–Kier alpha value is -0.530. The maximum Gasteiger partial charge on any atom is 0.219 e. The van der Waals surface area contributed by atoms with E-state index in [1.54, 1.807) is 0 Å². The van der Waals surface area contributed by atoms with Crippen LogP contribution in [0.3, 0.4) is 0 Å². The highest BCUT2D eigenvalue weighted by Gasteiger charge is 2.04. The molecule has 1 fully saturated rings. The number of rotatable bonds is 0. The summed E-state index contributed by atoms with van der Waals surface area (Å²) in [5.41, 5.74) is 0. The molecule has 2 heteroatoms. The fraction of sp³-hybridized carbons (Fsp3) is 0.909. The van der Waals surface area contributed by atoms with Crippen molar-refractivity contribution in [2.45, 2.75) is 60.8 Å². The number of nitrogens with one attached hydrogen (secondary N) is 1. The van der Waals surface area contributed by atoms with Gasteiger partial charge in [0.05, 0.1) is 0 Å². The fourth-order valence-corrected chi connectivity index (χ4v) is 0.727. The minimum atomic E-state index is 0.214. The van der Waals surface area contributed by atoms with E-state index in [4.69, 9.17) is 0 Å². The average molecular weight is 189 g/mol. The van der Waals surface area contributed by atoms with E-state index in [1.165, 1.54) is 0 Å². The third kappa shape index (κ3) is 18.4. The van der Waals surface area contributed by atoms with Crippen molar-refractivity contribution in [3.8, 4) is 0 Å². The normalized spacial score (nSPS) is 12.9. The lowest BCUT2D eigenvalue weighted by Crippen LogP contribution is -2.28. The van der Waals surface area contributed by atoms with Gasteiger partial charge >= 0.3 is 0 Å². The molecule has 0 bridgehead atoms. The van der Waals surface area contributed by atoms with E-state index in [-0.39, 0.29) is 5.91 Å². The quantitative estimate of drug-likeness (QED) is 0.622. The minimum Gasteiger partial charge on any atom is -0.356 e. The van der Waals surface area contributed by atoms with Crippen LogP contribution in [0, 0.1) is 0 Å². The van der Waals surface area contributed by atoms with Crippen LogP contribution >= 0.6 is 0 Å². The second kappa shape index (κ2) is 22.5. The van der Waals surface area contributed by atoms with E-state index in [0.29, 0.717) is 0 Å². The number of hydrogen-bond acceptors (Lipinski definition) is 1. The molecule has 1 N–H and O–H groups in total.